The number of primary amides is 1. The number of amides is 2. The molecule has 0 unspecified atom stereocenters. The van der Waals surface area contributed by atoms with Gasteiger partial charge in [-0.3, -0.25) is 14.3 Å². The summed E-state index contributed by atoms with van der Waals surface area (Å²) >= 11 is 6.08. The molecule has 4 aromatic rings. The molecule has 1 atom stereocenters. The number of halogens is 6. The Kier molecular flexibility index (Phi) is 8.35. The van der Waals surface area contributed by atoms with Crippen LogP contribution in [0.15, 0.2) is 36.5 Å². The van der Waals surface area contributed by atoms with Crippen molar-refractivity contribution < 1.29 is 46.1 Å². The number of aromatic nitrogens is 3. The van der Waals surface area contributed by atoms with Gasteiger partial charge in [-0.15, -0.1) is 0 Å². The van der Waals surface area contributed by atoms with Crippen molar-refractivity contribution in [3.05, 3.63) is 70.0 Å². The topological polar surface area (TPSA) is 142 Å². The number of rotatable bonds is 10. The first-order chi connectivity index (χ1) is 21.2. The molecule has 1 saturated carbocycles. The molecule has 10 nitrogen and oxygen atoms in total. The SMILES string of the molecule is CCOc1c(C(N)=O)cc([C@@](O)(CNC(=O)c2cc(OC)c3nn(C4CC4)cc3c2)C(F)(F)F)nc1-c1c(Cl)ccc(F)c1F. The third kappa shape index (κ3) is 5.84. The number of carbonyl (C=O) groups is 2. The third-order valence-corrected chi connectivity index (χ3v) is 7.51. The molecule has 1 aliphatic rings. The van der Waals surface area contributed by atoms with Gasteiger partial charge in [0, 0.05) is 17.1 Å². The number of fused-ring (bicyclic) bond motifs is 1. The summed E-state index contributed by atoms with van der Waals surface area (Å²) in [4.78, 5) is 29.3. The van der Waals surface area contributed by atoms with E-state index in [4.69, 9.17) is 26.8 Å². The first-order valence-electron chi connectivity index (χ1n) is 13.5. The van der Waals surface area contributed by atoms with Crippen molar-refractivity contribution in [2.75, 3.05) is 20.3 Å². The van der Waals surface area contributed by atoms with Crippen LogP contribution in [0.25, 0.3) is 22.2 Å². The maximum absolute atomic E-state index is 15.0. The minimum atomic E-state index is -5.54. The summed E-state index contributed by atoms with van der Waals surface area (Å²) in [6.07, 6.45) is -2.00. The van der Waals surface area contributed by atoms with Gasteiger partial charge in [-0.25, -0.2) is 13.8 Å². The molecule has 4 N–H and O–H groups in total. The number of pyridine rings is 1. The van der Waals surface area contributed by atoms with Crippen LogP contribution in [0.3, 0.4) is 0 Å². The second kappa shape index (κ2) is 11.8. The fourth-order valence-electron chi connectivity index (χ4n) is 4.71. The average molecular weight is 654 g/mol. The van der Waals surface area contributed by atoms with Gasteiger partial charge in [0.25, 0.3) is 11.8 Å². The number of aliphatic hydroxyl groups is 1. The Morgan fingerprint density at radius 1 is 1.20 bits per heavy atom. The number of nitrogens with one attached hydrogen (secondary N) is 1. The predicted octanol–water partition coefficient (Wildman–Crippen LogP) is 5.05. The number of methoxy groups -OCH3 is 1. The first-order valence-corrected chi connectivity index (χ1v) is 13.8. The van der Waals surface area contributed by atoms with Gasteiger partial charge in [-0.05, 0) is 50.1 Å². The van der Waals surface area contributed by atoms with E-state index in [1.165, 1.54) is 26.2 Å². The molecule has 0 aliphatic heterocycles. The van der Waals surface area contributed by atoms with E-state index in [1.807, 2.05) is 5.32 Å². The quantitative estimate of drug-likeness (QED) is 0.161. The van der Waals surface area contributed by atoms with E-state index in [1.54, 1.807) is 10.9 Å². The molecule has 1 fully saturated rings. The Morgan fingerprint density at radius 2 is 1.91 bits per heavy atom. The van der Waals surface area contributed by atoms with E-state index in [2.05, 4.69) is 10.1 Å². The third-order valence-electron chi connectivity index (χ3n) is 7.20. The van der Waals surface area contributed by atoms with Crippen molar-refractivity contribution in [2.24, 2.45) is 5.73 Å². The van der Waals surface area contributed by atoms with Crippen LogP contribution < -0.4 is 20.5 Å². The molecule has 45 heavy (non-hydrogen) atoms. The van der Waals surface area contributed by atoms with Crippen LogP contribution in [-0.2, 0) is 5.60 Å². The highest BCUT2D eigenvalue weighted by Crippen LogP contribution is 2.44. The zero-order valence-corrected chi connectivity index (χ0v) is 24.4. The summed E-state index contributed by atoms with van der Waals surface area (Å²) in [5, 5.41) is 17.6. The van der Waals surface area contributed by atoms with Crippen molar-refractivity contribution in [1.29, 1.82) is 0 Å². The predicted molar refractivity (Wildman–Crippen MR) is 151 cm³/mol. The number of nitrogens with two attached hydrogens (primary N) is 1. The van der Waals surface area contributed by atoms with Crippen molar-refractivity contribution in [3.63, 3.8) is 0 Å². The van der Waals surface area contributed by atoms with Gasteiger partial charge < -0.3 is 25.6 Å². The van der Waals surface area contributed by atoms with Gasteiger partial charge >= 0.3 is 6.18 Å². The molecule has 238 valence electrons. The highest BCUT2D eigenvalue weighted by atomic mass is 35.5. The van der Waals surface area contributed by atoms with Crippen LogP contribution in [-0.4, -0.2) is 58.1 Å². The lowest BCUT2D eigenvalue weighted by Crippen LogP contribution is -2.51. The first kappa shape index (κ1) is 31.9. The lowest BCUT2D eigenvalue weighted by molar-refractivity contribution is -0.265. The van der Waals surface area contributed by atoms with Crippen LogP contribution in [0.5, 0.6) is 11.5 Å². The maximum Gasteiger partial charge on any atom is 0.424 e. The highest BCUT2D eigenvalue weighted by molar-refractivity contribution is 6.33. The van der Waals surface area contributed by atoms with Crippen molar-refractivity contribution in [2.45, 2.75) is 37.6 Å². The van der Waals surface area contributed by atoms with E-state index >= 15 is 0 Å². The Balaban J connectivity index is 1.59. The second-order valence-corrected chi connectivity index (χ2v) is 10.7. The minimum absolute atomic E-state index is 0.106. The van der Waals surface area contributed by atoms with Crippen LogP contribution in [0.1, 0.15) is 52.2 Å². The average Bonchev–Trinajstić information content (AvgIpc) is 3.75. The number of benzene rings is 2. The molecule has 2 amide bonds. The van der Waals surface area contributed by atoms with Crippen molar-refractivity contribution in [1.82, 2.24) is 20.1 Å². The lowest BCUT2D eigenvalue weighted by Gasteiger charge is -2.31. The molecule has 5 rings (SSSR count). The molecule has 16 heteroatoms. The molecule has 0 spiro atoms. The lowest BCUT2D eigenvalue weighted by atomic mass is 9.94. The molecule has 1 aliphatic carbocycles. The Morgan fingerprint density at radius 3 is 2.51 bits per heavy atom. The fourth-order valence-corrected chi connectivity index (χ4v) is 4.95. The number of carbonyl (C=O) groups excluding carboxylic acids is 2. The normalized spacial score (nSPS) is 14.7. The zero-order chi connectivity index (χ0) is 32.8. The van der Waals surface area contributed by atoms with Gasteiger partial charge in [0.05, 0.1) is 48.1 Å². The van der Waals surface area contributed by atoms with Gasteiger partial charge in [0.15, 0.2) is 17.4 Å². The number of hydrogen-bond acceptors (Lipinski definition) is 7. The summed E-state index contributed by atoms with van der Waals surface area (Å²) in [5.74, 6) is -5.81. The summed E-state index contributed by atoms with van der Waals surface area (Å²) in [6.45, 7) is -0.276. The van der Waals surface area contributed by atoms with Crippen LogP contribution >= 0.6 is 11.6 Å². The van der Waals surface area contributed by atoms with Crippen molar-refractivity contribution in [3.8, 4) is 22.8 Å². The molecule has 0 bridgehead atoms. The summed E-state index contributed by atoms with van der Waals surface area (Å²) in [6, 6.07) is 4.97. The van der Waals surface area contributed by atoms with E-state index in [0.717, 1.165) is 18.9 Å². The Hall–Kier alpha value is -4.50. The van der Waals surface area contributed by atoms with E-state index in [9.17, 15) is 36.6 Å². The van der Waals surface area contributed by atoms with Crippen LogP contribution in [0, 0.1) is 11.6 Å². The monoisotopic (exact) mass is 653 g/mol. The zero-order valence-electron chi connectivity index (χ0n) is 23.6. The van der Waals surface area contributed by atoms with E-state index in [0.29, 0.717) is 23.0 Å². The van der Waals surface area contributed by atoms with Crippen molar-refractivity contribution >= 4 is 34.3 Å². The largest absolute Gasteiger partial charge is 0.494 e. The second-order valence-electron chi connectivity index (χ2n) is 10.2. The molecular weight excluding hydrogens is 629 g/mol. The summed E-state index contributed by atoms with van der Waals surface area (Å²) in [7, 11) is 1.34. The van der Waals surface area contributed by atoms with Gasteiger partial charge in [-0.2, -0.15) is 18.3 Å². The molecular formula is C29H25ClF5N5O5. The van der Waals surface area contributed by atoms with E-state index in [-0.39, 0.29) is 24.0 Å². The number of hydrogen-bond donors (Lipinski definition) is 3. The van der Waals surface area contributed by atoms with Crippen LogP contribution in [0.4, 0.5) is 22.0 Å². The summed E-state index contributed by atoms with van der Waals surface area (Å²) in [5.41, 5.74) is -1.92. The maximum atomic E-state index is 15.0. The Bertz CT molecular complexity index is 1830. The molecule has 2 aromatic carbocycles. The van der Waals surface area contributed by atoms with E-state index < -0.39 is 75.1 Å². The fraction of sp³-hybridized carbons (Fsp3) is 0.310. The number of ether oxygens (including phenoxy) is 2. The van der Waals surface area contributed by atoms with Gasteiger partial charge in [0.1, 0.15) is 17.0 Å². The molecule has 0 saturated heterocycles. The number of alkyl halides is 3. The molecule has 2 aromatic heterocycles. The number of nitrogens with zero attached hydrogens (tertiary/aromatic N) is 3. The van der Waals surface area contributed by atoms with Gasteiger partial charge in [0.2, 0.25) is 5.60 Å². The van der Waals surface area contributed by atoms with Gasteiger partial charge in [-0.1, -0.05) is 11.6 Å². The van der Waals surface area contributed by atoms with Crippen LogP contribution in [0.2, 0.25) is 5.02 Å². The highest BCUT2D eigenvalue weighted by Gasteiger charge is 2.57. The Labute approximate surface area is 256 Å². The minimum Gasteiger partial charge on any atom is -0.494 e. The standard InChI is InChI=1S/C29H25ClF5N5O5/c1-3-45-25-16(26(36)41)10-20(38-24(25)21-17(30)6-7-18(31)22(21)32)28(43,29(33,34)35)12-37-27(42)13-8-14-11-40(15-4-5-15)39-23(14)19(9-13)44-2/h6-11,15,43H,3-5,12H2,1-2H3,(H2,36,41)(H,37,42)/t28-/m0/s1. The smallest absolute Gasteiger partial charge is 0.424 e. The molecule has 2 heterocycles. The summed E-state index contributed by atoms with van der Waals surface area (Å²) < 4.78 is 85.5. The molecule has 0 radical (unpaired) electrons.